The molecule has 1 aliphatic rings. The molecule has 0 aliphatic carbocycles. The number of para-hydroxylation sites is 1. The SMILES string of the molecule is CCC(=O)O.CCOC1C=Cc2ccccc2N1. The molecular formula is C14H19NO3. The number of rotatable bonds is 3. The lowest BCUT2D eigenvalue weighted by molar-refractivity contribution is -0.136. The number of benzene rings is 1. The van der Waals surface area contributed by atoms with Crippen molar-refractivity contribution in [3.05, 3.63) is 35.9 Å². The van der Waals surface area contributed by atoms with E-state index in [0.29, 0.717) is 0 Å². The second kappa shape index (κ2) is 7.50. The molecule has 0 fully saturated rings. The lowest BCUT2D eigenvalue weighted by Crippen LogP contribution is -2.23. The first kappa shape index (κ1) is 14.3. The molecule has 0 spiro atoms. The van der Waals surface area contributed by atoms with Crippen LogP contribution >= 0.6 is 0 Å². The van der Waals surface area contributed by atoms with Gasteiger partial charge in [0.1, 0.15) is 6.23 Å². The van der Waals surface area contributed by atoms with E-state index in [9.17, 15) is 4.79 Å². The van der Waals surface area contributed by atoms with E-state index < -0.39 is 5.97 Å². The average Bonchev–Trinajstić information content (AvgIpc) is 2.39. The van der Waals surface area contributed by atoms with Crippen LogP contribution in [0.25, 0.3) is 6.08 Å². The molecule has 0 radical (unpaired) electrons. The highest BCUT2D eigenvalue weighted by atomic mass is 16.5. The van der Waals surface area contributed by atoms with Crippen LogP contribution in [0.4, 0.5) is 5.69 Å². The fraction of sp³-hybridized carbons (Fsp3) is 0.357. The van der Waals surface area contributed by atoms with E-state index >= 15 is 0 Å². The fourth-order valence-electron chi connectivity index (χ4n) is 1.44. The lowest BCUT2D eigenvalue weighted by atomic mass is 10.1. The maximum Gasteiger partial charge on any atom is 0.303 e. The minimum atomic E-state index is -0.745. The summed E-state index contributed by atoms with van der Waals surface area (Å²) in [6.45, 7) is 4.32. The first-order chi connectivity index (χ1) is 8.67. The van der Waals surface area contributed by atoms with Crippen LogP contribution in [0.15, 0.2) is 30.3 Å². The Labute approximate surface area is 107 Å². The highest BCUT2D eigenvalue weighted by Gasteiger charge is 2.10. The minimum Gasteiger partial charge on any atom is -0.481 e. The van der Waals surface area contributed by atoms with E-state index in [0.717, 1.165) is 12.3 Å². The second-order valence-electron chi connectivity index (χ2n) is 3.71. The van der Waals surface area contributed by atoms with Crippen LogP contribution in [-0.4, -0.2) is 23.9 Å². The van der Waals surface area contributed by atoms with Crippen molar-refractivity contribution in [3.8, 4) is 0 Å². The molecule has 1 aliphatic heterocycles. The molecule has 4 heteroatoms. The van der Waals surface area contributed by atoms with Gasteiger partial charge in [-0.25, -0.2) is 0 Å². The molecule has 1 aromatic carbocycles. The Morgan fingerprint density at radius 1 is 1.39 bits per heavy atom. The number of anilines is 1. The van der Waals surface area contributed by atoms with Crippen LogP contribution in [0.3, 0.4) is 0 Å². The van der Waals surface area contributed by atoms with Gasteiger partial charge in [-0.15, -0.1) is 0 Å². The summed E-state index contributed by atoms with van der Waals surface area (Å²) < 4.78 is 5.44. The molecule has 1 atom stereocenters. The number of hydrogen-bond donors (Lipinski definition) is 2. The predicted molar refractivity (Wildman–Crippen MR) is 72.4 cm³/mol. The third-order valence-electron chi connectivity index (χ3n) is 2.36. The predicted octanol–water partition coefficient (Wildman–Crippen LogP) is 2.97. The van der Waals surface area contributed by atoms with Gasteiger partial charge in [-0.3, -0.25) is 4.79 Å². The van der Waals surface area contributed by atoms with E-state index in [2.05, 4.69) is 23.5 Å². The largest absolute Gasteiger partial charge is 0.481 e. The fourth-order valence-corrected chi connectivity index (χ4v) is 1.44. The number of aliphatic carboxylic acids is 1. The zero-order chi connectivity index (χ0) is 13.4. The molecule has 0 saturated carbocycles. The van der Waals surface area contributed by atoms with Crippen LogP contribution in [0.5, 0.6) is 0 Å². The van der Waals surface area contributed by atoms with Gasteiger partial charge in [0.25, 0.3) is 0 Å². The van der Waals surface area contributed by atoms with E-state index in [4.69, 9.17) is 9.84 Å². The number of carboxylic acids is 1. The Kier molecular flexibility index (Phi) is 5.94. The van der Waals surface area contributed by atoms with Gasteiger partial charge in [-0.1, -0.05) is 31.2 Å². The molecule has 1 heterocycles. The summed E-state index contributed by atoms with van der Waals surface area (Å²) >= 11 is 0. The van der Waals surface area contributed by atoms with E-state index in [-0.39, 0.29) is 12.6 Å². The van der Waals surface area contributed by atoms with Crippen molar-refractivity contribution in [2.24, 2.45) is 0 Å². The standard InChI is InChI=1S/C11H13NO.C3H6O2/c1-2-13-11-8-7-9-5-3-4-6-10(9)12-11;1-2-3(4)5/h3-8,11-12H,2H2,1H3;2H2,1H3,(H,4,5). The number of carbonyl (C=O) groups is 1. The molecule has 98 valence electrons. The summed E-state index contributed by atoms with van der Waals surface area (Å²) in [6.07, 6.45) is 4.37. The lowest BCUT2D eigenvalue weighted by Gasteiger charge is -2.21. The van der Waals surface area contributed by atoms with Crippen LogP contribution < -0.4 is 5.32 Å². The molecule has 0 aromatic heterocycles. The highest BCUT2D eigenvalue weighted by Crippen LogP contribution is 2.22. The first-order valence-electron chi connectivity index (χ1n) is 6.04. The van der Waals surface area contributed by atoms with Crippen molar-refractivity contribution in [3.63, 3.8) is 0 Å². The third-order valence-corrected chi connectivity index (χ3v) is 2.36. The van der Waals surface area contributed by atoms with Gasteiger partial charge in [-0.05, 0) is 24.6 Å². The zero-order valence-electron chi connectivity index (χ0n) is 10.7. The second-order valence-corrected chi connectivity index (χ2v) is 3.71. The first-order valence-corrected chi connectivity index (χ1v) is 6.04. The minimum absolute atomic E-state index is 0.0277. The number of nitrogens with one attached hydrogen (secondary N) is 1. The molecule has 2 rings (SSSR count). The number of ether oxygens (including phenoxy) is 1. The summed E-state index contributed by atoms with van der Waals surface area (Å²) in [5.41, 5.74) is 2.36. The summed E-state index contributed by atoms with van der Waals surface area (Å²) in [7, 11) is 0. The molecule has 0 bridgehead atoms. The van der Waals surface area contributed by atoms with E-state index in [1.807, 2.05) is 25.1 Å². The van der Waals surface area contributed by atoms with Crippen LogP contribution in [-0.2, 0) is 9.53 Å². The molecule has 1 aromatic rings. The molecule has 0 saturated heterocycles. The molecular weight excluding hydrogens is 230 g/mol. The van der Waals surface area contributed by atoms with Crippen LogP contribution in [0.1, 0.15) is 25.8 Å². The van der Waals surface area contributed by atoms with Crippen molar-refractivity contribution >= 4 is 17.7 Å². The zero-order valence-corrected chi connectivity index (χ0v) is 10.7. The monoisotopic (exact) mass is 249 g/mol. The Morgan fingerprint density at radius 2 is 2.06 bits per heavy atom. The molecule has 4 nitrogen and oxygen atoms in total. The quantitative estimate of drug-likeness (QED) is 0.864. The maximum absolute atomic E-state index is 9.37. The Hall–Kier alpha value is -1.81. The van der Waals surface area contributed by atoms with Crippen molar-refractivity contribution < 1.29 is 14.6 Å². The third kappa shape index (κ3) is 4.59. The van der Waals surface area contributed by atoms with Gasteiger partial charge in [0.15, 0.2) is 0 Å². The van der Waals surface area contributed by atoms with Gasteiger partial charge in [-0.2, -0.15) is 0 Å². The summed E-state index contributed by atoms with van der Waals surface area (Å²) in [4.78, 5) is 9.37. The van der Waals surface area contributed by atoms with Crippen molar-refractivity contribution in [2.75, 3.05) is 11.9 Å². The maximum atomic E-state index is 9.37. The van der Waals surface area contributed by atoms with Gasteiger partial charge < -0.3 is 15.2 Å². The topological polar surface area (TPSA) is 58.6 Å². The summed E-state index contributed by atoms with van der Waals surface area (Å²) in [5, 5.41) is 11.0. The highest BCUT2D eigenvalue weighted by molar-refractivity contribution is 5.70. The van der Waals surface area contributed by atoms with Gasteiger partial charge in [0.2, 0.25) is 0 Å². The average molecular weight is 249 g/mol. The van der Waals surface area contributed by atoms with Crippen LogP contribution in [0, 0.1) is 0 Å². The number of fused-ring (bicyclic) bond motifs is 1. The number of hydrogen-bond acceptors (Lipinski definition) is 3. The van der Waals surface area contributed by atoms with Crippen molar-refractivity contribution in [1.82, 2.24) is 0 Å². The Balaban J connectivity index is 0.000000280. The normalized spacial score (nSPS) is 16.0. The molecule has 1 unspecified atom stereocenters. The molecule has 0 amide bonds. The Morgan fingerprint density at radius 3 is 2.67 bits per heavy atom. The van der Waals surface area contributed by atoms with Crippen molar-refractivity contribution in [1.29, 1.82) is 0 Å². The van der Waals surface area contributed by atoms with Gasteiger partial charge in [0, 0.05) is 18.7 Å². The Bertz CT molecular complexity index is 415. The summed E-state index contributed by atoms with van der Waals surface area (Å²) in [5.74, 6) is -0.745. The van der Waals surface area contributed by atoms with Crippen LogP contribution in [0.2, 0.25) is 0 Å². The molecule has 18 heavy (non-hydrogen) atoms. The molecule has 2 N–H and O–H groups in total. The van der Waals surface area contributed by atoms with E-state index in [1.165, 1.54) is 5.56 Å². The van der Waals surface area contributed by atoms with Gasteiger partial charge >= 0.3 is 5.97 Å². The number of carboxylic acid groups (broad SMARTS) is 1. The van der Waals surface area contributed by atoms with E-state index in [1.54, 1.807) is 6.92 Å². The van der Waals surface area contributed by atoms with Gasteiger partial charge in [0.05, 0.1) is 0 Å². The summed E-state index contributed by atoms with van der Waals surface area (Å²) in [6, 6.07) is 8.20. The smallest absolute Gasteiger partial charge is 0.303 e. The van der Waals surface area contributed by atoms with Crippen molar-refractivity contribution in [2.45, 2.75) is 26.5 Å².